The van der Waals surface area contributed by atoms with Crippen molar-refractivity contribution < 1.29 is 18.8 Å². The highest BCUT2D eigenvalue weighted by Crippen LogP contribution is 2.34. The van der Waals surface area contributed by atoms with E-state index in [9.17, 15) is 24.0 Å². The van der Waals surface area contributed by atoms with Crippen molar-refractivity contribution in [2.45, 2.75) is 50.6 Å². The van der Waals surface area contributed by atoms with Crippen molar-refractivity contribution in [3.8, 4) is 6.07 Å². The van der Waals surface area contributed by atoms with Gasteiger partial charge in [0.1, 0.15) is 23.6 Å². The molecule has 2 heterocycles. The summed E-state index contributed by atoms with van der Waals surface area (Å²) in [6, 6.07) is 4.59. The van der Waals surface area contributed by atoms with E-state index in [2.05, 4.69) is 42.9 Å². The van der Waals surface area contributed by atoms with Gasteiger partial charge in [-0.15, -0.1) is 0 Å². The average molecular weight is 518 g/mol. The van der Waals surface area contributed by atoms with Crippen LogP contribution in [0.25, 0.3) is 10.9 Å². The topological polar surface area (TPSA) is 127 Å². The Labute approximate surface area is 198 Å². The molecule has 1 aliphatic carbocycles. The minimum atomic E-state index is -0.822. The maximum absolute atomic E-state index is 13.7. The second kappa shape index (κ2) is 9.91. The molecule has 10 heteroatoms. The fourth-order valence-corrected chi connectivity index (χ4v) is 4.75. The number of carbonyl (C=O) groups is 3. The van der Waals surface area contributed by atoms with Crippen LogP contribution in [0.5, 0.6) is 0 Å². The smallest absolute Gasteiger partial charge is 0.268 e. The first-order valence-electron chi connectivity index (χ1n) is 11.1. The molecular formula is C23H25BrFN5O3. The second-order valence-electron chi connectivity index (χ2n) is 8.80. The Bertz CT molecular complexity index is 1120. The number of nitrogens with one attached hydrogen (secondary N) is 4. The molecule has 3 amide bonds. The van der Waals surface area contributed by atoms with Crippen LogP contribution in [0.2, 0.25) is 0 Å². The summed E-state index contributed by atoms with van der Waals surface area (Å²) >= 11 is 3.28. The van der Waals surface area contributed by atoms with Crippen LogP contribution in [-0.4, -0.2) is 41.3 Å². The van der Waals surface area contributed by atoms with Crippen LogP contribution < -0.4 is 16.0 Å². The van der Waals surface area contributed by atoms with E-state index in [0.29, 0.717) is 40.7 Å². The van der Waals surface area contributed by atoms with E-state index in [4.69, 9.17) is 0 Å². The van der Waals surface area contributed by atoms with Gasteiger partial charge in [0, 0.05) is 22.3 Å². The standard InChI is InChI=1S/C23H25BrFN5O3/c24-17-10-15(25)7-14-9-19(29-20(14)17)23(33)30-18(6-12-3-4-12)22(32)28-16(11-26)8-13-2-1-5-27-21(13)31/h7,9-10,12-13,16,18,29H,1-6,8H2,(H,27,31)(H,28,32)(H,30,33). The number of aromatic nitrogens is 1. The number of hydrogen-bond acceptors (Lipinski definition) is 4. The first-order valence-corrected chi connectivity index (χ1v) is 11.9. The summed E-state index contributed by atoms with van der Waals surface area (Å²) in [6.45, 7) is 0.630. The number of carbonyl (C=O) groups excluding carboxylic acids is 3. The Morgan fingerprint density at radius 2 is 2.00 bits per heavy atom. The summed E-state index contributed by atoms with van der Waals surface area (Å²) in [6.07, 6.45) is 4.20. The number of fused-ring (bicyclic) bond motifs is 1. The Morgan fingerprint density at radius 3 is 2.70 bits per heavy atom. The number of H-pyrrole nitrogens is 1. The fourth-order valence-electron chi connectivity index (χ4n) is 4.20. The number of nitrogens with zero attached hydrogens (tertiary/aromatic N) is 1. The van der Waals surface area contributed by atoms with Crippen LogP contribution in [0, 0.1) is 29.0 Å². The molecule has 0 bridgehead atoms. The predicted molar refractivity (Wildman–Crippen MR) is 122 cm³/mol. The molecule has 174 valence electrons. The number of hydrogen-bond donors (Lipinski definition) is 4. The number of amides is 3. The van der Waals surface area contributed by atoms with Gasteiger partial charge < -0.3 is 20.9 Å². The van der Waals surface area contributed by atoms with E-state index < -0.39 is 29.7 Å². The van der Waals surface area contributed by atoms with Crippen molar-refractivity contribution in [2.24, 2.45) is 11.8 Å². The van der Waals surface area contributed by atoms with Gasteiger partial charge in [0.15, 0.2) is 0 Å². The molecule has 2 fully saturated rings. The van der Waals surface area contributed by atoms with E-state index in [1.165, 1.54) is 18.2 Å². The summed E-state index contributed by atoms with van der Waals surface area (Å²) in [7, 11) is 0. The van der Waals surface area contributed by atoms with Gasteiger partial charge in [-0.2, -0.15) is 5.26 Å². The molecule has 1 saturated heterocycles. The number of benzene rings is 1. The zero-order valence-electron chi connectivity index (χ0n) is 17.9. The number of nitriles is 1. The number of halogens is 2. The molecule has 4 N–H and O–H groups in total. The first-order chi connectivity index (χ1) is 15.8. The molecule has 1 aromatic heterocycles. The van der Waals surface area contributed by atoms with Crippen LogP contribution in [0.1, 0.15) is 49.0 Å². The molecule has 1 saturated carbocycles. The molecule has 2 aromatic rings. The van der Waals surface area contributed by atoms with Gasteiger partial charge >= 0.3 is 0 Å². The maximum Gasteiger partial charge on any atom is 0.268 e. The van der Waals surface area contributed by atoms with Crippen LogP contribution in [0.15, 0.2) is 22.7 Å². The van der Waals surface area contributed by atoms with Gasteiger partial charge in [0.05, 0.1) is 11.6 Å². The second-order valence-corrected chi connectivity index (χ2v) is 9.65. The third-order valence-electron chi connectivity index (χ3n) is 6.17. The highest BCUT2D eigenvalue weighted by molar-refractivity contribution is 9.10. The van der Waals surface area contributed by atoms with Gasteiger partial charge in [-0.3, -0.25) is 14.4 Å². The van der Waals surface area contributed by atoms with Crippen LogP contribution in [-0.2, 0) is 9.59 Å². The normalized spacial score (nSPS) is 19.9. The van der Waals surface area contributed by atoms with Gasteiger partial charge in [0.2, 0.25) is 11.8 Å². The van der Waals surface area contributed by atoms with E-state index in [0.717, 1.165) is 19.3 Å². The lowest BCUT2D eigenvalue weighted by atomic mass is 9.92. The molecular weight excluding hydrogens is 493 g/mol. The summed E-state index contributed by atoms with van der Waals surface area (Å²) < 4.78 is 14.2. The highest BCUT2D eigenvalue weighted by atomic mass is 79.9. The van der Waals surface area contributed by atoms with Crippen molar-refractivity contribution in [3.05, 3.63) is 34.2 Å². The number of rotatable bonds is 8. The van der Waals surface area contributed by atoms with E-state index in [1.807, 2.05) is 0 Å². The molecule has 3 atom stereocenters. The lowest BCUT2D eigenvalue weighted by Crippen LogP contribution is -2.50. The minimum absolute atomic E-state index is 0.0972. The summed E-state index contributed by atoms with van der Waals surface area (Å²) in [4.78, 5) is 40.9. The molecule has 1 aromatic carbocycles. The van der Waals surface area contributed by atoms with Gasteiger partial charge in [-0.1, -0.05) is 12.8 Å². The third-order valence-corrected chi connectivity index (χ3v) is 6.79. The zero-order valence-corrected chi connectivity index (χ0v) is 19.5. The quantitative estimate of drug-likeness (QED) is 0.429. The van der Waals surface area contributed by atoms with Gasteiger partial charge in [0.25, 0.3) is 5.91 Å². The molecule has 4 rings (SSSR count). The average Bonchev–Trinajstić information content (AvgIpc) is 3.49. The summed E-state index contributed by atoms with van der Waals surface area (Å²) in [5.41, 5.74) is 0.792. The van der Waals surface area contributed by atoms with E-state index in [-0.39, 0.29) is 23.9 Å². The Morgan fingerprint density at radius 1 is 1.21 bits per heavy atom. The molecule has 8 nitrogen and oxygen atoms in total. The Balaban J connectivity index is 1.44. The minimum Gasteiger partial charge on any atom is -0.356 e. The Kier molecular flexibility index (Phi) is 6.98. The van der Waals surface area contributed by atoms with E-state index >= 15 is 0 Å². The van der Waals surface area contributed by atoms with Crippen LogP contribution in [0.4, 0.5) is 4.39 Å². The first kappa shape index (κ1) is 23.2. The summed E-state index contributed by atoms with van der Waals surface area (Å²) in [5, 5.41) is 18.3. The monoisotopic (exact) mass is 517 g/mol. The molecule has 3 unspecified atom stereocenters. The van der Waals surface area contributed by atoms with Gasteiger partial charge in [-0.25, -0.2) is 4.39 Å². The summed E-state index contributed by atoms with van der Waals surface area (Å²) in [5.74, 6) is -1.43. The molecule has 0 spiro atoms. The molecule has 33 heavy (non-hydrogen) atoms. The maximum atomic E-state index is 13.7. The molecule has 1 aliphatic heterocycles. The molecule has 0 radical (unpaired) electrons. The SMILES string of the molecule is N#CC(CC1CCCNC1=O)NC(=O)C(CC1CC1)NC(=O)c1cc2cc(F)cc(Br)c2[nH]1. The van der Waals surface area contributed by atoms with Crippen molar-refractivity contribution >= 4 is 44.6 Å². The van der Waals surface area contributed by atoms with Crippen molar-refractivity contribution in [3.63, 3.8) is 0 Å². The van der Waals surface area contributed by atoms with Crippen molar-refractivity contribution in [2.75, 3.05) is 6.54 Å². The lowest BCUT2D eigenvalue weighted by Gasteiger charge is -2.25. The van der Waals surface area contributed by atoms with Crippen LogP contribution >= 0.6 is 15.9 Å². The highest BCUT2D eigenvalue weighted by Gasteiger charge is 2.33. The number of piperidine rings is 1. The number of aromatic amines is 1. The van der Waals surface area contributed by atoms with Gasteiger partial charge in [-0.05, 0) is 65.7 Å². The third kappa shape index (κ3) is 5.71. The van der Waals surface area contributed by atoms with Crippen molar-refractivity contribution in [1.29, 1.82) is 5.26 Å². The predicted octanol–water partition coefficient (Wildman–Crippen LogP) is 2.89. The largest absolute Gasteiger partial charge is 0.356 e. The van der Waals surface area contributed by atoms with E-state index in [1.54, 1.807) is 0 Å². The van der Waals surface area contributed by atoms with Crippen molar-refractivity contribution in [1.82, 2.24) is 20.9 Å². The fraction of sp³-hybridized carbons (Fsp3) is 0.478. The lowest BCUT2D eigenvalue weighted by molar-refractivity contribution is -0.128. The Hall–Kier alpha value is -2.93. The zero-order chi connectivity index (χ0) is 23.5. The van der Waals surface area contributed by atoms with Crippen LogP contribution in [0.3, 0.4) is 0 Å². The molecule has 2 aliphatic rings.